The largest absolute Gasteiger partial charge is 0.370 e. The third kappa shape index (κ3) is 3.02. The van der Waals surface area contributed by atoms with Gasteiger partial charge in [0.15, 0.2) is 0 Å². The SMILES string of the molecule is CS(=O)(=O)N1CCC[C@]2(CC[C@H](CCC#N)O2)C1. The highest BCUT2D eigenvalue weighted by Crippen LogP contribution is 2.39. The van der Waals surface area contributed by atoms with Crippen LogP contribution in [0.2, 0.25) is 0 Å². The minimum Gasteiger partial charge on any atom is -0.370 e. The molecule has 0 aromatic carbocycles. The second kappa shape index (κ2) is 5.16. The highest BCUT2D eigenvalue weighted by Gasteiger charge is 2.44. The van der Waals surface area contributed by atoms with Gasteiger partial charge in [0.05, 0.1) is 24.0 Å². The summed E-state index contributed by atoms with van der Waals surface area (Å²) in [6.07, 6.45) is 6.31. The Morgan fingerprint density at radius 3 is 2.94 bits per heavy atom. The summed E-state index contributed by atoms with van der Waals surface area (Å²) in [7, 11) is -3.12. The molecule has 2 saturated heterocycles. The normalized spacial score (nSPS) is 33.7. The van der Waals surface area contributed by atoms with Gasteiger partial charge in [0.25, 0.3) is 0 Å². The van der Waals surface area contributed by atoms with Crippen molar-refractivity contribution in [3.8, 4) is 6.07 Å². The van der Waals surface area contributed by atoms with Crippen molar-refractivity contribution >= 4 is 10.0 Å². The first-order valence-electron chi connectivity index (χ1n) is 6.45. The Morgan fingerprint density at radius 1 is 1.50 bits per heavy atom. The van der Waals surface area contributed by atoms with Crippen LogP contribution in [-0.2, 0) is 14.8 Å². The van der Waals surface area contributed by atoms with Crippen molar-refractivity contribution in [2.45, 2.75) is 50.2 Å². The number of sulfonamides is 1. The fourth-order valence-corrected chi connectivity index (χ4v) is 3.90. The molecule has 6 heteroatoms. The second-order valence-electron chi connectivity index (χ2n) is 5.36. The monoisotopic (exact) mass is 272 g/mol. The average Bonchev–Trinajstić information content (AvgIpc) is 2.69. The van der Waals surface area contributed by atoms with E-state index in [1.54, 1.807) is 0 Å². The molecule has 2 atom stereocenters. The molecule has 0 radical (unpaired) electrons. The third-order valence-corrected chi connectivity index (χ3v) is 5.14. The number of hydrogen-bond acceptors (Lipinski definition) is 4. The van der Waals surface area contributed by atoms with Crippen LogP contribution < -0.4 is 0 Å². The second-order valence-corrected chi connectivity index (χ2v) is 7.34. The Bertz CT molecular complexity index is 443. The molecule has 5 nitrogen and oxygen atoms in total. The van der Waals surface area contributed by atoms with Crippen molar-refractivity contribution in [1.29, 1.82) is 5.26 Å². The van der Waals surface area contributed by atoms with Crippen LogP contribution in [-0.4, -0.2) is 43.8 Å². The smallest absolute Gasteiger partial charge is 0.211 e. The molecule has 0 aromatic rings. The van der Waals surface area contributed by atoms with Gasteiger partial charge < -0.3 is 4.74 Å². The van der Waals surface area contributed by atoms with Gasteiger partial charge in [-0.05, 0) is 32.1 Å². The van der Waals surface area contributed by atoms with Crippen LogP contribution in [0.5, 0.6) is 0 Å². The lowest BCUT2D eigenvalue weighted by Gasteiger charge is -2.39. The Labute approximate surface area is 109 Å². The van der Waals surface area contributed by atoms with E-state index in [9.17, 15) is 8.42 Å². The molecule has 0 amide bonds. The van der Waals surface area contributed by atoms with E-state index >= 15 is 0 Å². The molecule has 0 unspecified atom stereocenters. The molecule has 0 aliphatic carbocycles. The maximum absolute atomic E-state index is 11.6. The summed E-state index contributed by atoms with van der Waals surface area (Å²) in [5.41, 5.74) is -0.290. The van der Waals surface area contributed by atoms with Crippen molar-refractivity contribution in [2.24, 2.45) is 0 Å². The molecule has 0 aromatic heterocycles. The Morgan fingerprint density at radius 2 is 2.28 bits per heavy atom. The van der Waals surface area contributed by atoms with Gasteiger partial charge in [-0.1, -0.05) is 0 Å². The summed E-state index contributed by atoms with van der Waals surface area (Å²) >= 11 is 0. The number of rotatable bonds is 3. The van der Waals surface area contributed by atoms with Crippen LogP contribution in [0.25, 0.3) is 0 Å². The standard InChI is InChI=1S/C12H20N2O3S/c1-18(15,16)14-9-3-6-12(10-14)7-5-11(17-12)4-2-8-13/h11H,2-7,9-10H2,1H3/t11-,12-/m0/s1. The molecule has 2 fully saturated rings. The zero-order chi connectivity index (χ0) is 13.2. The van der Waals surface area contributed by atoms with Gasteiger partial charge >= 0.3 is 0 Å². The molecular weight excluding hydrogens is 252 g/mol. The lowest BCUT2D eigenvalue weighted by atomic mass is 9.91. The third-order valence-electron chi connectivity index (χ3n) is 3.89. The van der Waals surface area contributed by atoms with Gasteiger partial charge in [-0.3, -0.25) is 0 Å². The predicted molar refractivity (Wildman–Crippen MR) is 67.3 cm³/mol. The van der Waals surface area contributed by atoms with Crippen LogP contribution in [0.15, 0.2) is 0 Å². The van der Waals surface area contributed by atoms with Crippen molar-refractivity contribution in [3.63, 3.8) is 0 Å². The lowest BCUT2D eigenvalue weighted by molar-refractivity contribution is -0.0705. The molecule has 0 saturated carbocycles. The zero-order valence-corrected chi connectivity index (χ0v) is 11.6. The molecule has 2 heterocycles. The summed E-state index contributed by atoms with van der Waals surface area (Å²) in [5, 5.41) is 8.58. The fraction of sp³-hybridized carbons (Fsp3) is 0.917. The van der Waals surface area contributed by atoms with Gasteiger partial charge in [0.2, 0.25) is 10.0 Å². The summed E-state index contributed by atoms with van der Waals surface area (Å²) in [5.74, 6) is 0. The maximum atomic E-state index is 11.6. The summed E-state index contributed by atoms with van der Waals surface area (Å²) in [4.78, 5) is 0. The first kappa shape index (κ1) is 13.8. The van der Waals surface area contributed by atoms with Crippen LogP contribution in [0.1, 0.15) is 38.5 Å². The van der Waals surface area contributed by atoms with Crippen LogP contribution in [0.3, 0.4) is 0 Å². The molecule has 102 valence electrons. The molecule has 0 N–H and O–H groups in total. The van der Waals surface area contributed by atoms with E-state index in [4.69, 9.17) is 10.00 Å². The highest BCUT2D eigenvalue weighted by atomic mass is 32.2. The van der Waals surface area contributed by atoms with Crippen LogP contribution in [0, 0.1) is 11.3 Å². The summed E-state index contributed by atoms with van der Waals surface area (Å²) in [6.45, 7) is 1.09. The molecule has 2 aliphatic rings. The van der Waals surface area contributed by atoms with E-state index in [0.29, 0.717) is 19.5 Å². The van der Waals surface area contributed by atoms with E-state index < -0.39 is 10.0 Å². The van der Waals surface area contributed by atoms with Gasteiger partial charge in [0.1, 0.15) is 0 Å². The Kier molecular flexibility index (Phi) is 3.95. The van der Waals surface area contributed by atoms with Crippen molar-refractivity contribution in [3.05, 3.63) is 0 Å². The fourth-order valence-electron chi connectivity index (χ4n) is 2.96. The van der Waals surface area contributed by atoms with Gasteiger partial charge in [0, 0.05) is 19.5 Å². The predicted octanol–water partition coefficient (Wildman–Crippen LogP) is 1.26. The van der Waals surface area contributed by atoms with E-state index in [2.05, 4.69) is 6.07 Å². The number of hydrogen-bond donors (Lipinski definition) is 0. The Balaban J connectivity index is 1.99. The quantitative estimate of drug-likeness (QED) is 0.775. The van der Waals surface area contributed by atoms with Crippen LogP contribution in [0.4, 0.5) is 0 Å². The first-order chi connectivity index (χ1) is 8.45. The molecule has 2 rings (SSSR count). The highest BCUT2D eigenvalue weighted by molar-refractivity contribution is 7.88. The van der Waals surface area contributed by atoms with E-state index in [1.807, 2.05) is 0 Å². The van der Waals surface area contributed by atoms with Crippen molar-refractivity contribution in [2.75, 3.05) is 19.3 Å². The molecule has 0 bridgehead atoms. The first-order valence-corrected chi connectivity index (χ1v) is 8.30. The summed E-state index contributed by atoms with van der Waals surface area (Å²) in [6, 6.07) is 2.13. The van der Waals surface area contributed by atoms with Gasteiger partial charge in [-0.15, -0.1) is 0 Å². The molecule has 2 aliphatic heterocycles. The minimum absolute atomic E-state index is 0.129. The minimum atomic E-state index is -3.12. The summed E-state index contributed by atoms with van der Waals surface area (Å²) < 4.78 is 30.8. The number of ether oxygens (including phenoxy) is 1. The van der Waals surface area contributed by atoms with Crippen LogP contribution >= 0.6 is 0 Å². The zero-order valence-electron chi connectivity index (χ0n) is 10.8. The van der Waals surface area contributed by atoms with Crippen molar-refractivity contribution in [1.82, 2.24) is 4.31 Å². The topological polar surface area (TPSA) is 70.4 Å². The van der Waals surface area contributed by atoms with E-state index in [1.165, 1.54) is 10.6 Å². The van der Waals surface area contributed by atoms with E-state index in [-0.39, 0.29) is 11.7 Å². The maximum Gasteiger partial charge on any atom is 0.211 e. The lowest BCUT2D eigenvalue weighted by Crippen LogP contribution is -2.49. The number of nitrogens with zero attached hydrogens (tertiary/aromatic N) is 2. The van der Waals surface area contributed by atoms with Gasteiger partial charge in [-0.25, -0.2) is 8.42 Å². The molecule has 1 spiro atoms. The van der Waals surface area contributed by atoms with Gasteiger partial charge in [-0.2, -0.15) is 9.57 Å². The Hall–Kier alpha value is -0.640. The van der Waals surface area contributed by atoms with Crippen molar-refractivity contribution < 1.29 is 13.2 Å². The molecule has 18 heavy (non-hydrogen) atoms. The van der Waals surface area contributed by atoms with E-state index in [0.717, 1.165) is 32.1 Å². The number of piperidine rings is 1. The number of nitriles is 1. The average molecular weight is 272 g/mol. The molecular formula is C12H20N2O3S.